The molecule has 2 heterocycles. The van der Waals surface area contributed by atoms with Crippen LogP contribution in [0.15, 0.2) is 70.2 Å². The van der Waals surface area contributed by atoms with Gasteiger partial charge in [0.15, 0.2) is 0 Å². The fourth-order valence-corrected chi connectivity index (χ4v) is 4.44. The third kappa shape index (κ3) is 4.85. The number of ether oxygens (including phenoxy) is 1. The second-order valence-electron chi connectivity index (χ2n) is 6.71. The average Bonchev–Trinajstić information content (AvgIpc) is 3.38. The van der Waals surface area contributed by atoms with E-state index in [-0.39, 0.29) is 24.7 Å². The molecule has 32 heavy (non-hydrogen) atoms. The number of rotatable bonds is 7. The predicted octanol–water partition coefficient (Wildman–Crippen LogP) is 5.82. The first-order valence-electron chi connectivity index (χ1n) is 9.35. The smallest absolute Gasteiger partial charge is 0.270 e. The van der Waals surface area contributed by atoms with Crippen molar-refractivity contribution < 1.29 is 18.9 Å². The van der Waals surface area contributed by atoms with Crippen LogP contribution in [0.3, 0.4) is 0 Å². The van der Waals surface area contributed by atoms with E-state index in [0.717, 1.165) is 17.3 Å². The van der Waals surface area contributed by atoms with Crippen LogP contribution in [-0.2, 0) is 17.9 Å². The summed E-state index contributed by atoms with van der Waals surface area (Å²) in [5, 5.41) is 11.8. The minimum absolute atomic E-state index is 0.118. The van der Waals surface area contributed by atoms with Gasteiger partial charge in [-0.05, 0) is 30.3 Å². The highest BCUT2D eigenvalue weighted by Gasteiger charge is 2.33. The quantitative estimate of drug-likeness (QED) is 0.180. The van der Waals surface area contributed by atoms with E-state index < -0.39 is 4.92 Å². The van der Waals surface area contributed by atoms with E-state index in [1.807, 2.05) is 18.2 Å². The minimum Gasteiger partial charge on any atom is -0.488 e. The van der Waals surface area contributed by atoms with Gasteiger partial charge in [0.05, 0.1) is 22.6 Å². The third-order valence-corrected chi connectivity index (χ3v) is 6.35. The molecule has 0 atom stereocenters. The topological polar surface area (TPSA) is 85.8 Å². The van der Waals surface area contributed by atoms with Crippen LogP contribution in [0.1, 0.15) is 16.9 Å². The van der Waals surface area contributed by atoms with Crippen molar-refractivity contribution in [3.05, 3.63) is 97.8 Å². The van der Waals surface area contributed by atoms with Gasteiger partial charge in [0, 0.05) is 28.3 Å². The summed E-state index contributed by atoms with van der Waals surface area (Å²) >= 11 is 12.7. The summed E-state index contributed by atoms with van der Waals surface area (Å²) in [6.45, 7) is 0.373. The van der Waals surface area contributed by atoms with Crippen molar-refractivity contribution in [1.82, 2.24) is 4.90 Å². The number of hydrogen-bond acceptors (Lipinski definition) is 7. The van der Waals surface area contributed by atoms with E-state index in [1.54, 1.807) is 24.3 Å². The van der Waals surface area contributed by atoms with Crippen LogP contribution in [0.2, 0.25) is 5.02 Å². The summed E-state index contributed by atoms with van der Waals surface area (Å²) in [4.78, 5) is 25.5. The molecule has 1 aliphatic rings. The Morgan fingerprint density at radius 2 is 2.03 bits per heavy atom. The molecule has 0 unspecified atom stereocenters. The molecule has 0 N–H and O–H groups in total. The van der Waals surface area contributed by atoms with Gasteiger partial charge in [-0.3, -0.25) is 19.8 Å². The summed E-state index contributed by atoms with van der Waals surface area (Å²) in [6.07, 6.45) is 3.07. The van der Waals surface area contributed by atoms with Crippen LogP contribution in [0.4, 0.5) is 5.69 Å². The number of furan rings is 1. The number of halogens is 1. The van der Waals surface area contributed by atoms with E-state index >= 15 is 0 Å². The lowest BCUT2D eigenvalue weighted by Gasteiger charge is -2.12. The van der Waals surface area contributed by atoms with Gasteiger partial charge >= 0.3 is 0 Å². The Bertz CT molecular complexity index is 1230. The Morgan fingerprint density at radius 1 is 1.22 bits per heavy atom. The Hall–Kier alpha value is -3.14. The third-order valence-electron chi connectivity index (χ3n) is 4.60. The zero-order valence-electron chi connectivity index (χ0n) is 16.4. The van der Waals surface area contributed by atoms with Gasteiger partial charge in [0.2, 0.25) is 0 Å². The molecule has 1 aliphatic heterocycles. The van der Waals surface area contributed by atoms with Crippen molar-refractivity contribution in [3.63, 3.8) is 0 Å². The van der Waals surface area contributed by atoms with Crippen LogP contribution in [0.25, 0.3) is 6.08 Å². The van der Waals surface area contributed by atoms with Crippen LogP contribution < -0.4 is 4.74 Å². The van der Waals surface area contributed by atoms with Crippen LogP contribution in [0.5, 0.6) is 5.75 Å². The highest BCUT2D eigenvalue weighted by Crippen LogP contribution is 2.36. The molecule has 1 saturated heterocycles. The maximum atomic E-state index is 12.9. The summed E-state index contributed by atoms with van der Waals surface area (Å²) in [5.41, 5.74) is 1.04. The molecular weight excluding hydrogens is 472 g/mol. The predicted molar refractivity (Wildman–Crippen MR) is 126 cm³/mol. The Balaban J connectivity index is 1.62. The fraction of sp³-hybridized carbons (Fsp3) is 0.0909. The molecule has 1 fully saturated rings. The molecule has 7 nitrogen and oxygen atoms in total. The molecule has 3 aromatic rings. The van der Waals surface area contributed by atoms with Crippen molar-refractivity contribution >= 4 is 57.6 Å². The van der Waals surface area contributed by atoms with Gasteiger partial charge in [0.1, 0.15) is 22.4 Å². The van der Waals surface area contributed by atoms with Crippen LogP contribution in [0, 0.1) is 10.1 Å². The van der Waals surface area contributed by atoms with Gasteiger partial charge in [-0.1, -0.05) is 53.8 Å². The summed E-state index contributed by atoms with van der Waals surface area (Å²) in [5.74, 6) is 0.674. The highest BCUT2D eigenvalue weighted by atomic mass is 35.5. The van der Waals surface area contributed by atoms with Crippen molar-refractivity contribution in [3.8, 4) is 5.75 Å². The molecule has 2 aromatic carbocycles. The number of benzene rings is 2. The van der Waals surface area contributed by atoms with E-state index in [2.05, 4.69) is 0 Å². The maximum absolute atomic E-state index is 12.9. The molecule has 0 spiro atoms. The molecular formula is C22H15ClN2O5S2. The van der Waals surface area contributed by atoms with E-state index in [9.17, 15) is 14.9 Å². The Labute approximate surface area is 197 Å². The zero-order valence-corrected chi connectivity index (χ0v) is 18.8. The van der Waals surface area contributed by atoms with Crippen LogP contribution in [-0.4, -0.2) is 20.1 Å². The van der Waals surface area contributed by atoms with Crippen molar-refractivity contribution in [2.75, 3.05) is 0 Å². The number of nitro groups is 1. The Kier molecular flexibility index (Phi) is 6.59. The highest BCUT2D eigenvalue weighted by molar-refractivity contribution is 8.26. The standard InChI is InChI=1S/C22H15ClN2O5S2/c23-18-6-2-1-4-14(18)13-30-19-8-7-16(25(27)28)10-15(19)11-20-21(26)24(22(31)32-20)12-17-5-3-9-29-17/h1-11H,12-13H2. The number of carbonyl (C=O) groups excluding carboxylic acids is 1. The number of nitrogens with zero attached hydrogens (tertiary/aromatic N) is 2. The van der Waals surface area contributed by atoms with E-state index in [4.69, 9.17) is 33.0 Å². The Morgan fingerprint density at radius 3 is 2.75 bits per heavy atom. The first-order valence-corrected chi connectivity index (χ1v) is 10.9. The molecule has 4 rings (SSSR count). The fourth-order valence-electron chi connectivity index (χ4n) is 3.00. The van der Waals surface area contributed by atoms with E-state index in [0.29, 0.717) is 31.3 Å². The van der Waals surface area contributed by atoms with Crippen molar-refractivity contribution in [1.29, 1.82) is 0 Å². The lowest BCUT2D eigenvalue weighted by molar-refractivity contribution is -0.384. The molecule has 10 heteroatoms. The maximum Gasteiger partial charge on any atom is 0.270 e. The number of nitro benzene ring substituents is 1. The normalized spacial score (nSPS) is 14.9. The molecule has 0 radical (unpaired) electrons. The van der Waals surface area contributed by atoms with Crippen molar-refractivity contribution in [2.45, 2.75) is 13.2 Å². The number of thioether (sulfide) groups is 1. The molecule has 162 valence electrons. The zero-order chi connectivity index (χ0) is 22.7. The molecule has 0 saturated carbocycles. The van der Waals surface area contributed by atoms with Gasteiger partial charge < -0.3 is 9.15 Å². The number of non-ortho nitro benzene ring substituents is 1. The van der Waals surface area contributed by atoms with Gasteiger partial charge in [-0.15, -0.1) is 0 Å². The monoisotopic (exact) mass is 486 g/mol. The summed E-state index contributed by atoms with van der Waals surface area (Å²) < 4.78 is 11.6. The first kappa shape index (κ1) is 22.1. The van der Waals surface area contributed by atoms with Gasteiger partial charge in [-0.2, -0.15) is 0 Å². The molecule has 0 aliphatic carbocycles. The van der Waals surface area contributed by atoms with Crippen molar-refractivity contribution in [2.24, 2.45) is 0 Å². The lowest BCUT2D eigenvalue weighted by atomic mass is 10.1. The first-order chi connectivity index (χ1) is 15.4. The molecule has 1 amide bonds. The van der Waals surface area contributed by atoms with Gasteiger partial charge in [-0.25, -0.2) is 0 Å². The second kappa shape index (κ2) is 9.56. The van der Waals surface area contributed by atoms with E-state index in [1.165, 1.54) is 29.4 Å². The number of thiocarbonyl (C=S) groups is 1. The minimum atomic E-state index is -0.503. The summed E-state index contributed by atoms with van der Waals surface area (Å²) in [7, 11) is 0. The molecule has 1 aromatic heterocycles. The lowest BCUT2D eigenvalue weighted by Crippen LogP contribution is -2.27. The molecule has 0 bridgehead atoms. The van der Waals surface area contributed by atoms with Crippen LogP contribution >= 0.6 is 35.6 Å². The SMILES string of the molecule is O=C1C(=Cc2cc([N+](=O)[O-])ccc2OCc2ccccc2Cl)SC(=S)N1Cc1ccco1. The average molecular weight is 487 g/mol. The number of hydrogen-bond donors (Lipinski definition) is 0. The number of carbonyl (C=O) groups is 1. The summed E-state index contributed by atoms with van der Waals surface area (Å²) in [6, 6.07) is 14.9. The number of amides is 1. The van der Waals surface area contributed by atoms with Gasteiger partial charge in [0.25, 0.3) is 11.6 Å². The largest absolute Gasteiger partial charge is 0.488 e. The second-order valence-corrected chi connectivity index (χ2v) is 8.79.